The second-order valence-electron chi connectivity index (χ2n) is 4.11. The van der Waals surface area contributed by atoms with E-state index in [-0.39, 0.29) is 5.82 Å². The molecule has 1 N–H and O–H groups in total. The van der Waals surface area contributed by atoms with Crippen molar-refractivity contribution in [1.29, 1.82) is 0 Å². The van der Waals surface area contributed by atoms with Gasteiger partial charge in [-0.25, -0.2) is 14.4 Å². The van der Waals surface area contributed by atoms with Gasteiger partial charge in [0, 0.05) is 25.3 Å². The summed E-state index contributed by atoms with van der Waals surface area (Å²) in [6, 6.07) is 8.09. The number of nitrogens with one attached hydrogen (secondary N) is 1. The maximum Gasteiger partial charge on any atom is 0.130 e. The molecule has 0 amide bonds. The standard InChI is InChI=1S/C14H16FN3O/c1-10-17-13(11-3-5-12(15)6-4-11)9-14(18-10)16-7-8-19-2/h3-6,9H,7-8H2,1-2H3,(H,16,17,18). The lowest BCUT2D eigenvalue weighted by molar-refractivity contribution is 0.210. The minimum absolute atomic E-state index is 0.257. The van der Waals surface area contributed by atoms with Crippen LogP contribution in [0.25, 0.3) is 11.3 Å². The molecule has 0 saturated carbocycles. The molecule has 0 aliphatic carbocycles. The van der Waals surface area contributed by atoms with Crippen molar-refractivity contribution in [3.05, 3.63) is 42.0 Å². The zero-order valence-electron chi connectivity index (χ0n) is 11.0. The molecule has 0 spiro atoms. The molecule has 19 heavy (non-hydrogen) atoms. The lowest BCUT2D eigenvalue weighted by atomic mass is 10.1. The van der Waals surface area contributed by atoms with Crippen LogP contribution < -0.4 is 5.32 Å². The van der Waals surface area contributed by atoms with Crippen molar-refractivity contribution in [3.8, 4) is 11.3 Å². The molecule has 1 aromatic carbocycles. The molecule has 0 aliphatic heterocycles. The molecule has 1 heterocycles. The average molecular weight is 261 g/mol. The van der Waals surface area contributed by atoms with E-state index in [1.807, 2.05) is 13.0 Å². The van der Waals surface area contributed by atoms with Gasteiger partial charge >= 0.3 is 0 Å². The molecular weight excluding hydrogens is 245 g/mol. The predicted octanol–water partition coefficient (Wildman–Crippen LogP) is 2.65. The molecule has 0 saturated heterocycles. The Morgan fingerprint density at radius 1 is 1.21 bits per heavy atom. The summed E-state index contributed by atoms with van der Waals surface area (Å²) >= 11 is 0. The van der Waals surface area contributed by atoms with E-state index in [9.17, 15) is 4.39 Å². The molecule has 4 nitrogen and oxygen atoms in total. The first kappa shape index (κ1) is 13.4. The van der Waals surface area contributed by atoms with E-state index in [1.165, 1.54) is 12.1 Å². The molecule has 1 aromatic heterocycles. The lowest BCUT2D eigenvalue weighted by Gasteiger charge is -2.08. The minimum Gasteiger partial charge on any atom is -0.383 e. The van der Waals surface area contributed by atoms with Crippen LogP contribution in [0, 0.1) is 12.7 Å². The first-order valence-corrected chi connectivity index (χ1v) is 6.03. The number of benzene rings is 1. The van der Waals surface area contributed by atoms with E-state index in [0.717, 1.165) is 17.1 Å². The van der Waals surface area contributed by atoms with Crippen LogP contribution in [0.4, 0.5) is 10.2 Å². The van der Waals surface area contributed by atoms with Gasteiger partial charge in [-0.15, -0.1) is 0 Å². The first-order valence-electron chi connectivity index (χ1n) is 6.03. The second-order valence-corrected chi connectivity index (χ2v) is 4.11. The molecule has 100 valence electrons. The van der Waals surface area contributed by atoms with Crippen molar-refractivity contribution in [1.82, 2.24) is 9.97 Å². The number of hydrogen-bond donors (Lipinski definition) is 1. The van der Waals surface area contributed by atoms with E-state index in [2.05, 4.69) is 15.3 Å². The number of methoxy groups -OCH3 is 1. The quantitative estimate of drug-likeness (QED) is 0.840. The number of aromatic nitrogens is 2. The van der Waals surface area contributed by atoms with Gasteiger partial charge in [-0.2, -0.15) is 0 Å². The summed E-state index contributed by atoms with van der Waals surface area (Å²) in [5, 5.41) is 3.16. The van der Waals surface area contributed by atoms with E-state index < -0.39 is 0 Å². The topological polar surface area (TPSA) is 47.0 Å². The van der Waals surface area contributed by atoms with Gasteiger partial charge in [0.1, 0.15) is 17.5 Å². The first-order chi connectivity index (χ1) is 9.19. The number of aryl methyl sites for hydroxylation is 1. The maximum absolute atomic E-state index is 12.9. The summed E-state index contributed by atoms with van der Waals surface area (Å²) in [5.41, 5.74) is 1.63. The van der Waals surface area contributed by atoms with Crippen LogP contribution in [-0.2, 0) is 4.74 Å². The molecule has 0 unspecified atom stereocenters. The summed E-state index contributed by atoms with van der Waals surface area (Å²) in [6.45, 7) is 3.11. The minimum atomic E-state index is -0.257. The number of anilines is 1. The van der Waals surface area contributed by atoms with Gasteiger partial charge in [0.05, 0.1) is 12.3 Å². The zero-order valence-corrected chi connectivity index (χ0v) is 11.0. The van der Waals surface area contributed by atoms with Crippen molar-refractivity contribution >= 4 is 5.82 Å². The highest BCUT2D eigenvalue weighted by Crippen LogP contribution is 2.20. The average Bonchev–Trinajstić information content (AvgIpc) is 2.39. The molecule has 0 aliphatic rings. The third-order valence-electron chi connectivity index (χ3n) is 2.59. The molecule has 0 radical (unpaired) electrons. The predicted molar refractivity (Wildman–Crippen MR) is 72.5 cm³/mol. The van der Waals surface area contributed by atoms with Crippen LogP contribution in [0.5, 0.6) is 0 Å². The second kappa shape index (κ2) is 6.24. The molecule has 0 fully saturated rings. The summed E-state index contributed by atoms with van der Waals surface area (Å²) in [6.07, 6.45) is 0. The molecule has 0 atom stereocenters. The van der Waals surface area contributed by atoms with Gasteiger partial charge in [-0.1, -0.05) is 0 Å². The van der Waals surface area contributed by atoms with Gasteiger partial charge in [-0.05, 0) is 31.2 Å². The Balaban J connectivity index is 2.23. The molecule has 2 aromatic rings. The van der Waals surface area contributed by atoms with Crippen LogP contribution in [0.15, 0.2) is 30.3 Å². The smallest absolute Gasteiger partial charge is 0.130 e. The summed E-state index contributed by atoms with van der Waals surface area (Å²) < 4.78 is 17.9. The fraction of sp³-hybridized carbons (Fsp3) is 0.286. The highest BCUT2D eigenvalue weighted by Gasteiger charge is 2.04. The van der Waals surface area contributed by atoms with Crippen molar-refractivity contribution in [3.63, 3.8) is 0 Å². The van der Waals surface area contributed by atoms with E-state index in [1.54, 1.807) is 19.2 Å². The Bertz CT molecular complexity index is 543. The van der Waals surface area contributed by atoms with E-state index in [4.69, 9.17) is 4.74 Å². The largest absolute Gasteiger partial charge is 0.383 e. The maximum atomic E-state index is 12.9. The van der Waals surface area contributed by atoms with Crippen molar-refractivity contribution in [2.45, 2.75) is 6.92 Å². The Morgan fingerprint density at radius 2 is 1.95 bits per heavy atom. The van der Waals surface area contributed by atoms with Gasteiger partial charge in [0.2, 0.25) is 0 Å². The number of rotatable bonds is 5. The molecular formula is C14H16FN3O. The Kier molecular flexibility index (Phi) is 4.41. The number of nitrogens with zero attached hydrogens (tertiary/aromatic N) is 2. The van der Waals surface area contributed by atoms with Gasteiger partial charge in [-0.3, -0.25) is 0 Å². The Morgan fingerprint density at radius 3 is 2.63 bits per heavy atom. The van der Waals surface area contributed by atoms with Crippen molar-refractivity contribution < 1.29 is 9.13 Å². The Labute approximate surface area is 111 Å². The third kappa shape index (κ3) is 3.72. The van der Waals surface area contributed by atoms with E-state index >= 15 is 0 Å². The zero-order chi connectivity index (χ0) is 13.7. The van der Waals surface area contributed by atoms with Crippen LogP contribution >= 0.6 is 0 Å². The van der Waals surface area contributed by atoms with Crippen LogP contribution in [0.3, 0.4) is 0 Å². The normalized spacial score (nSPS) is 10.5. The molecule has 5 heteroatoms. The van der Waals surface area contributed by atoms with Crippen molar-refractivity contribution in [2.75, 3.05) is 25.6 Å². The monoisotopic (exact) mass is 261 g/mol. The number of ether oxygens (including phenoxy) is 1. The number of halogens is 1. The van der Waals surface area contributed by atoms with Gasteiger partial charge in [0.25, 0.3) is 0 Å². The van der Waals surface area contributed by atoms with Crippen LogP contribution in [-0.4, -0.2) is 30.2 Å². The fourth-order valence-electron chi connectivity index (χ4n) is 1.71. The number of hydrogen-bond acceptors (Lipinski definition) is 4. The highest BCUT2D eigenvalue weighted by atomic mass is 19.1. The summed E-state index contributed by atoms with van der Waals surface area (Å²) in [7, 11) is 1.65. The Hall–Kier alpha value is -2.01. The third-order valence-corrected chi connectivity index (χ3v) is 2.59. The van der Waals surface area contributed by atoms with Gasteiger partial charge in [0.15, 0.2) is 0 Å². The molecule has 0 bridgehead atoms. The van der Waals surface area contributed by atoms with Crippen LogP contribution in [0.1, 0.15) is 5.82 Å². The highest BCUT2D eigenvalue weighted by molar-refractivity contribution is 5.62. The van der Waals surface area contributed by atoms with Crippen molar-refractivity contribution in [2.24, 2.45) is 0 Å². The fourth-order valence-corrected chi connectivity index (χ4v) is 1.71. The van der Waals surface area contributed by atoms with E-state index in [0.29, 0.717) is 19.0 Å². The summed E-state index contributed by atoms with van der Waals surface area (Å²) in [5.74, 6) is 1.15. The van der Waals surface area contributed by atoms with Gasteiger partial charge < -0.3 is 10.1 Å². The lowest BCUT2D eigenvalue weighted by Crippen LogP contribution is -2.09. The van der Waals surface area contributed by atoms with Crippen LogP contribution in [0.2, 0.25) is 0 Å². The molecule has 2 rings (SSSR count). The SMILES string of the molecule is COCCNc1cc(-c2ccc(F)cc2)nc(C)n1. The summed E-state index contributed by atoms with van der Waals surface area (Å²) in [4.78, 5) is 8.65.